The highest BCUT2D eigenvalue weighted by molar-refractivity contribution is 5.85. The van der Waals surface area contributed by atoms with Crippen LogP contribution in [0, 0.1) is 0 Å². The van der Waals surface area contributed by atoms with Crippen molar-refractivity contribution in [3.8, 4) is 0 Å². The van der Waals surface area contributed by atoms with E-state index in [2.05, 4.69) is 11.8 Å². The van der Waals surface area contributed by atoms with Crippen LogP contribution in [0.1, 0.15) is 19.8 Å². The lowest BCUT2D eigenvalue weighted by molar-refractivity contribution is -0.133. The molecule has 0 aromatic carbocycles. The molecule has 1 aliphatic heterocycles. The van der Waals surface area contributed by atoms with Gasteiger partial charge in [0.05, 0.1) is 6.61 Å². The number of rotatable bonds is 6. The number of carbonyl (C=O) groups excluding carboxylic acids is 1. The van der Waals surface area contributed by atoms with Gasteiger partial charge in [-0.05, 0) is 25.9 Å². The molecule has 0 aliphatic carbocycles. The monoisotopic (exact) mass is 315 g/mol. The average molecular weight is 316 g/mol. The molecule has 7 heteroatoms. The standard InChI is InChI=1S/C12H25N3O2.2ClH/c1-4-15-7-5-6-10(15)8-14(2)12(16)11(13)9-17-3;;/h10-11H,4-9,13H2,1-3H3;2*1H. The molecule has 2 atom stereocenters. The number of methoxy groups -OCH3 is 1. The van der Waals surface area contributed by atoms with E-state index in [0.717, 1.165) is 19.6 Å². The van der Waals surface area contributed by atoms with Gasteiger partial charge in [0.25, 0.3) is 0 Å². The number of hydrogen-bond donors (Lipinski definition) is 1. The van der Waals surface area contributed by atoms with E-state index in [1.807, 2.05) is 7.05 Å². The van der Waals surface area contributed by atoms with Crippen molar-refractivity contribution in [3.05, 3.63) is 0 Å². The molecule has 1 aliphatic rings. The van der Waals surface area contributed by atoms with Gasteiger partial charge in [-0.2, -0.15) is 0 Å². The molecule has 0 saturated carbocycles. The third-order valence-electron chi connectivity index (χ3n) is 3.43. The van der Waals surface area contributed by atoms with E-state index in [1.165, 1.54) is 12.8 Å². The van der Waals surface area contributed by atoms with Crippen LogP contribution in [0.5, 0.6) is 0 Å². The Morgan fingerprint density at radius 2 is 2.16 bits per heavy atom. The van der Waals surface area contributed by atoms with Crippen molar-refractivity contribution in [1.29, 1.82) is 0 Å². The summed E-state index contributed by atoms with van der Waals surface area (Å²) in [6, 6.07) is -0.0508. The number of carbonyl (C=O) groups is 1. The number of nitrogens with zero attached hydrogens (tertiary/aromatic N) is 2. The number of halogens is 2. The Morgan fingerprint density at radius 1 is 1.53 bits per heavy atom. The fourth-order valence-corrected chi connectivity index (χ4v) is 2.46. The van der Waals surface area contributed by atoms with Gasteiger partial charge in [-0.25, -0.2) is 0 Å². The smallest absolute Gasteiger partial charge is 0.241 e. The van der Waals surface area contributed by atoms with E-state index in [-0.39, 0.29) is 37.3 Å². The minimum atomic E-state index is -0.540. The van der Waals surface area contributed by atoms with E-state index in [1.54, 1.807) is 12.0 Å². The lowest BCUT2D eigenvalue weighted by Crippen LogP contribution is -2.48. The highest BCUT2D eigenvalue weighted by Crippen LogP contribution is 2.17. The van der Waals surface area contributed by atoms with Crippen molar-refractivity contribution in [2.24, 2.45) is 5.73 Å². The van der Waals surface area contributed by atoms with Crippen LogP contribution < -0.4 is 5.73 Å². The number of ether oxygens (including phenoxy) is 1. The second-order valence-corrected chi connectivity index (χ2v) is 4.71. The number of likely N-dealkylation sites (N-methyl/N-ethyl adjacent to an activating group) is 2. The van der Waals surface area contributed by atoms with Crippen LogP contribution >= 0.6 is 24.8 Å². The molecule has 5 nitrogen and oxygen atoms in total. The molecule has 0 aromatic heterocycles. The van der Waals surface area contributed by atoms with E-state index >= 15 is 0 Å². The Bertz CT molecular complexity index is 257. The number of likely N-dealkylation sites (tertiary alicyclic amines) is 1. The molecule has 1 saturated heterocycles. The molecule has 0 radical (unpaired) electrons. The first-order chi connectivity index (χ1) is 8.10. The topological polar surface area (TPSA) is 58.8 Å². The summed E-state index contributed by atoms with van der Waals surface area (Å²) >= 11 is 0. The van der Waals surface area contributed by atoms with E-state index < -0.39 is 6.04 Å². The molecule has 2 N–H and O–H groups in total. The molecule has 0 bridgehead atoms. The van der Waals surface area contributed by atoms with Crippen LogP contribution in [0.4, 0.5) is 0 Å². The summed E-state index contributed by atoms with van der Waals surface area (Å²) in [5.41, 5.74) is 5.74. The normalized spacial score (nSPS) is 20.3. The zero-order valence-corrected chi connectivity index (χ0v) is 13.6. The van der Waals surface area contributed by atoms with Gasteiger partial charge in [0.15, 0.2) is 0 Å². The highest BCUT2D eigenvalue weighted by atomic mass is 35.5. The van der Waals surface area contributed by atoms with Crippen LogP contribution in [0.2, 0.25) is 0 Å². The van der Waals surface area contributed by atoms with Crippen molar-refractivity contribution in [2.45, 2.75) is 31.8 Å². The fourth-order valence-electron chi connectivity index (χ4n) is 2.46. The summed E-state index contributed by atoms with van der Waals surface area (Å²) in [6.45, 7) is 5.41. The molecule has 19 heavy (non-hydrogen) atoms. The largest absolute Gasteiger partial charge is 0.383 e. The summed E-state index contributed by atoms with van der Waals surface area (Å²) in [6.07, 6.45) is 2.40. The Hall–Kier alpha value is -0.0700. The number of hydrogen-bond acceptors (Lipinski definition) is 4. The first-order valence-electron chi connectivity index (χ1n) is 6.33. The second-order valence-electron chi connectivity index (χ2n) is 4.71. The maximum Gasteiger partial charge on any atom is 0.241 e. The van der Waals surface area contributed by atoms with Crippen LogP contribution in [0.15, 0.2) is 0 Å². The Morgan fingerprint density at radius 3 is 2.68 bits per heavy atom. The van der Waals surface area contributed by atoms with Gasteiger partial charge in [0.1, 0.15) is 6.04 Å². The van der Waals surface area contributed by atoms with Crippen LogP contribution in [0.3, 0.4) is 0 Å². The zero-order chi connectivity index (χ0) is 12.8. The van der Waals surface area contributed by atoms with Gasteiger partial charge >= 0.3 is 0 Å². The molecule has 1 rings (SSSR count). The van der Waals surface area contributed by atoms with Crippen molar-refractivity contribution in [3.63, 3.8) is 0 Å². The molecule has 116 valence electrons. The summed E-state index contributed by atoms with van der Waals surface area (Å²) in [7, 11) is 3.38. The quantitative estimate of drug-likeness (QED) is 0.785. The molecular formula is C12H27Cl2N3O2. The minimum absolute atomic E-state index is 0. The maximum atomic E-state index is 11.9. The predicted octanol–water partition coefficient (Wildman–Crippen LogP) is 0.746. The van der Waals surface area contributed by atoms with Gasteiger partial charge in [-0.3, -0.25) is 9.69 Å². The van der Waals surface area contributed by atoms with Crippen molar-refractivity contribution >= 4 is 30.7 Å². The Labute approximate surface area is 128 Å². The zero-order valence-electron chi connectivity index (χ0n) is 12.0. The minimum Gasteiger partial charge on any atom is -0.383 e. The van der Waals surface area contributed by atoms with Crippen molar-refractivity contribution in [2.75, 3.05) is 40.4 Å². The van der Waals surface area contributed by atoms with Crippen LogP contribution in [-0.2, 0) is 9.53 Å². The van der Waals surface area contributed by atoms with Gasteiger partial charge in [-0.15, -0.1) is 24.8 Å². The average Bonchev–Trinajstić information content (AvgIpc) is 2.75. The molecule has 1 heterocycles. The molecule has 0 aromatic rings. The first-order valence-corrected chi connectivity index (χ1v) is 6.33. The van der Waals surface area contributed by atoms with E-state index in [4.69, 9.17) is 10.5 Å². The molecule has 2 unspecified atom stereocenters. The lowest BCUT2D eigenvalue weighted by Gasteiger charge is -2.29. The fraction of sp³-hybridized carbons (Fsp3) is 0.917. The predicted molar refractivity (Wildman–Crippen MR) is 82.3 cm³/mol. The molecular weight excluding hydrogens is 289 g/mol. The molecule has 1 fully saturated rings. The second kappa shape index (κ2) is 10.7. The maximum absolute atomic E-state index is 11.9. The van der Waals surface area contributed by atoms with Gasteiger partial charge < -0.3 is 15.4 Å². The number of amides is 1. The number of nitrogens with two attached hydrogens (primary N) is 1. The van der Waals surface area contributed by atoms with Crippen LogP contribution in [0.25, 0.3) is 0 Å². The third kappa shape index (κ3) is 6.27. The van der Waals surface area contributed by atoms with Crippen LogP contribution in [-0.4, -0.2) is 68.2 Å². The van der Waals surface area contributed by atoms with E-state index in [0.29, 0.717) is 6.04 Å². The highest BCUT2D eigenvalue weighted by Gasteiger charge is 2.27. The summed E-state index contributed by atoms with van der Waals surface area (Å²) in [5, 5.41) is 0. The lowest BCUT2D eigenvalue weighted by atomic mass is 10.2. The first kappa shape index (κ1) is 21.2. The van der Waals surface area contributed by atoms with E-state index in [9.17, 15) is 4.79 Å². The summed E-state index contributed by atoms with van der Waals surface area (Å²) < 4.78 is 4.90. The SMILES string of the molecule is CCN1CCCC1CN(C)C(=O)C(N)COC.Cl.Cl. The Kier molecular flexibility index (Phi) is 11.9. The van der Waals surface area contributed by atoms with Crippen molar-refractivity contribution in [1.82, 2.24) is 9.80 Å². The van der Waals surface area contributed by atoms with Gasteiger partial charge in [-0.1, -0.05) is 6.92 Å². The molecule has 0 spiro atoms. The summed E-state index contributed by atoms with van der Waals surface area (Å²) in [5.74, 6) is -0.0326. The Balaban J connectivity index is 0. The van der Waals surface area contributed by atoms with Crippen molar-refractivity contribution < 1.29 is 9.53 Å². The third-order valence-corrected chi connectivity index (χ3v) is 3.43. The summed E-state index contributed by atoms with van der Waals surface area (Å²) in [4.78, 5) is 16.1. The van der Waals surface area contributed by atoms with Gasteiger partial charge in [0, 0.05) is 26.7 Å². The molecule has 1 amide bonds. The van der Waals surface area contributed by atoms with Gasteiger partial charge in [0.2, 0.25) is 5.91 Å².